The molecule has 1 heterocycles. The first-order chi connectivity index (χ1) is 8.63. The molecule has 0 saturated carbocycles. The number of hydrogen-bond acceptors (Lipinski definition) is 5. The summed E-state index contributed by atoms with van der Waals surface area (Å²) in [4.78, 5) is 11.7. The van der Waals surface area contributed by atoms with Crippen molar-refractivity contribution in [2.24, 2.45) is 0 Å². The molecule has 0 aromatic rings. The monoisotopic (exact) mass is 273 g/mol. The SMILES string of the molecule is CCCCC(=O)OC1C(O)CC(C)(C)N(O)C1(C)C. The lowest BCUT2D eigenvalue weighted by Gasteiger charge is -2.53. The predicted molar refractivity (Wildman–Crippen MR) is 71.8 cm³/mol. The van der Waals surface area contributed by atoms with Gasteiger partial charge in [-0.05, 0) is 40.5 Å². The Labute approximate surface area is 115 Å². The Bertz CT molecular complexity index is 327. The molecule has 2 atom stereocenters. The molecule has 0 aliphatic carbocycles. The highest BCUT2D eigenvalue weighted by molar-refractivity contribution is 5.69. The van der Waals surface area contributed by atoms with Crippen LogP contribution in [0.15, 0.2) is 0 Å². The summed E-state index contributed by atoms with van der Waals surface area (Å²) < 4.78 is 5.39. The topological polar surface area (TPSA) is 70.0 Å². The zero-order valence-corrected chi connectivity index (χ0v) is 12.6. The van der Waals surface area contributed by atoms with Gasteiger partial charge in [0, 0.05) is 12.0 Å². The molecule has 0 aromatic heterocycles. The maximum Gasteiger partial charge on any atom is 0.306 e. The number of carbonyl (C=O) groups is 1. The number of esters is 1. The molecule has 0 bridgehead atoms. The number of hydrogen-bond donors (Lipinski definition) is 2. The number of aliphatic hydroxyl groups excluding tert-OH is 1. The Morgan fingerprint density at radius 3 is 2.47 bits per heavy atom. The van der Waals surface area contributed by atoms with Crippen LogP contribution in [0.4, 0.5) is 0 Å². The van der Waals surface area contributed by atoms with Gasteiger partial charge in [0.15, 0.2) is 0 Å². The lowest BCUT2D eigenvalue weighted by molar-refractivity contribution is -0.293. The molecule has 5 nitrogen and oxygen atoms in total. The van der Waals surface area contributed by atoms with Gasteiger partial charge >= 0.3 is 5.97 Å². The third-order valence-corrected chi connectivity index (χ3v) is 3.87. The standard InChI is InChI=1S/C14H27NO4/c1-6-7-8-11(17)19-12-10(16)9-13(2,3)15(18)14(12,4)5/h10,12,16,18H,6-9H2,1-5H3. The van der Waals surface area contributed by atoms with E-state index >= 15 is 0 Å². The van der Waals surface area contributed by atoms with Gasteiger partial charge in [-0.3, -0.25) is 4.79 Å². The van der Waals surface area contributed by atoms with E-state index in [4.69, 9.17) is 4.74 Å². The smallest absolute Gasteiger partial charge is 0.306 e. The molecule has 0 radical (unpaired) electrons. The van der Waals surface area contributed by atoms with Crippen molar-refractivity contribution in [3.8, 4) is 0 Å². The van der Waals surface area contributed by atoms with Gasteiger partial charge in [0.05, 0.1) is 11.6 Å². The van der Waals surface area contributed by atoms with Crippen molar-refractivity contribution in [1.29, 1.82) is 0 Å². The van der Waals surface area contributed by atoms with Crippen LogP contribution in [0.3, 0.4) is 0 Å². The lowest BCUT2D eigenvalue weighted by atomic mass is 9.78. The second-order valence-corrected chi connectivity index (χ2v) is 6.56. The van der Waals surface area contributed by atoms with E-state index in [1.54, 1.807) is 13.8 Å². The second kappa shape index (κ2) is 5.77. The highest BCUT2D eigenvalue weighted by Gasteiger charge is 2.53. The lowest BCUT2D eigenvalue weighted by Crippen LogP contribution is -2.68. The molecule has 5 heteroatoms. The Morgan fingerprint density at radius 2 is 1.95 bits per heavy atom. The summed E-state index contributed by atoms with van der Waals surface area (Å²) in [7, 11) is 0. The van der Waals surface area contributed by atoms with E-state index in [9.17, 15) is 15.1 Å². The molecule has 1 aliphatic rings. The molecule has 112 valence electrons. The number of aliphatic hydroxyl groups is 1. The highest BCUT2D eigenvalue weighted by atomic mass is 16.6. The van der Waals surface area contributed by atoms with Gasteiger partial charge in [-0.25, -0.2) is 0 Å². The highest BCUT2D eigenvalue weighted by Crippen LogP contribution is 2.38. The van der Waals surface area contributed by atoms with Gasteiger partial charge in [0.1, 0.15) is 6.10 Å². The van der Waals surface area contributed by atoms with Crippen molar-refractivity contribution < 1.29 is 19.8 Å². The molecule has 2 N–H and O–H groups in total. The van der Waals surface area contributed by atoms with Gasteiger partial charge in [-0.1, -0.05) is 13.3 Å². The molecule has 0 spiro atoms. The third-order valence-electron chi connectivity index (χ3n) is 3.87. The quantitative estimate of drug-likeness (QED) is 0.768. The fourth-order valence-corrected chi connectivity index (χ4v) is 2.82. The number of rotatable bonds is 4. The first kappa shape index (κ1) is 16.4. The van der Waals surface area contributed by atoms with Crippen LogP contribution in [0.25, 0.3) is 0 Å². The van der Waals surface area contributed by atoms with Crippen LogP contribution in [0, 0.1) is 0 Å². The van der Waals surface area contributed by atoms with Gasteiger partial charge in [0.2, 0.25) is 0 Å². The average Bonchev–Trinajstić information content (AvgIpc) is 2.29. The minimum atomic E-state index is -0.816. The van der Waals surface area contributed by atoms with Crippen molar-refractivity contribution in [1.82, 2.24) is 5.06 Å². The number of unbranched alkanes of at least 4 members (excludes halogenated alkanes) is 1. The minimum Gasteiger partial charge on any atom is -0.458 e. The number of carbonyl (C=O) groups excluding carboxylic acids is 1. The maximum atomic E-state index is 11.7. The Balaban J connectivity index is 2.79. The number of nitrogens with zero attached hydrogens (tertiary/aromatic N) is 1. The summed E-state index contributed by atoms with van der Waals surface area (Å²) in [6.45, 7) is 9.26. The summed E-state index contributed by atoms with van der Waals surface area (Å²) in [5.74, 6) is -0.313. The van der Waals surface area contributed by atoms with E-state index in [-0.39, 0.29) is 5.97 Å². The molecule has 1 aliphatic heterocycles. The van der Waals surface area contributed by atoms with Crippen LogP contribution in [0.2, 0.25) is 0 Å². The van der Waals surface area contributed by atoms with Crippen molar-refractivity contribution >= 4 is 5.97 Å². The van der Waals surface area contributed by atoms with Crippen LogP contribution in [-0.4, -0.2) is 44.6 Å². The summed E-state index contributed by atoms with van der Waals surface area (Å²) in [6.07, 6.45) is 0.929. The van der Waals surface area contributed by atoms with E-state index in [0.29, 0.717) is 12.8 Å². The fraction of sp³-hybridized carbons (Fsp3) is 0.929. The predicted octanol–water partition coefficient (Wildman–Crippen LogP) is 2.10. The summed E-state index contributed by atoms with van der Waals surface area (Å²) in [5.41, 5.74) is -1.36. The first-order valence-electron chi connectivity index (χ1n) is 6.99. The fourth-order valence-electron chi connectivity index (χ4n) is 2.82. The normalized spacial score (nSPS) is 30.1. The van der Waals surface area contributed by atoms with Gasteiger partial charge < -0.3 is 15.1 Å². The molecule has 1 fully saturated rings. The van der Waals surface area contributed by atoms with Crippen LogP contribution in [-0.2, 0) is 9.53 Å². The molecule has 0 amide bonds. The van der Waals surface area contributed by atoms with Crippen LogP contribution in [0.5, 0.6) is 0 Å². The van der Waals surface area contributed by atoms with E-state index in [1.165, 1.54) is 5.06 Å². The van der Waals surface area contributed by atoms with Crippen molar-refractivity contribution in [2.45, 2.75) is 83.6 Å². The molecule has 0 aromatic carbocycles. The van der Waals surface area contributed by atoms with E-state index < -0.39 is 23.3 Å². The Hall–Kier alpha value is -0.650. The van der Waals surface area contributed by atoms with E-state index in [0.717, 1.165) is 12.8 Å². The van der Waals surface area contributed by atoms with Gasteiger partial charge in [-0.2, -0.15) is 5.06 Å². The molecule has 19 heavy (non-hydrogen) atoms. The molecular weight excluding hydrogens is 246 g/mol. The molecule has 2 unspecified atom stereocenters. The average molecular weight is 273 g/mol. The minimum absolute atomic E-state index is 0.313. The third kappa shape index (κ3) is 3.46. The zero-order valence-electron chi connectivity index (χ0n) is 12.6. The van der Waals surface area contributed by atoms with Crippen LogP contribution < -0.4 is 0 Å². The summed E-state index contributed by atoms with van der Waals surface area (Å²) in [5, 5.41) is 21.7. The van der Waals surface area contributed by atoms with Gasteiger partial charge in [-0.15, -0.1) is 0 Å². The zero-order chi connectivity index (χ0) is 14.8. The Kier molecular flexibility index (Phi) is 4.98. The Morgan fingerprint density at radius 1 is 1.37 bits per heavy atom. The van der Waals surface area contributed by atoms with Crippen LogP contribution in [0.1, 0.15) is 60.3 Å². The largest absolute Gasteiger partial charge is 0.458 e. The van der Waals surface area contributed by atoms with Gasteiger partial charge in [0.25, 0.3) is 0 Å². The van der Waals surface area contributed by atoms with Crippen LogP contribution >= 0.6 is 0 Å². The maximum absolute atomic E-state index is 11.7. The van der Waals surface area contributed by atoms with Crippen molar-refractivity contribution in [2.75, 3.05) is 0 Å². The van der Waals surface area contributed by atoms with Crippen molar-refractivity contribution in [3.05, 3.63) is 0 Å². The first-order valence-corrected chi connectivity index (χ1v) is 6.99. The summed E-state index contributed by atoms with van der Waals surface area (Å²) >= 11 is 0. The number of piperidine rings is 1. The van der Waals surface area contributed by atoms with E-state index in [1.807, 2.05) is 20.8 Å². The molecule has 1 rings (SSSR count). The van der Waals surface area contributed by atoms with Crippen molar-refractivity contribution in [3.63, 3.8) is 0 Å². The number of ether oxygens (including phenoxy) is 1. The second-order valence-electron chi connectivity index (χ2n) is 6.56. The number of hydroxylamine groups is 2. The van der Waals surface area contributed by atoms with E-state index in [2.05, 4.69) is 0 Å². The molecular formula is C14H27NO4. The molecule has 1 saturated heterocycles. The summed E-state index contributed by atoms with van der Waals surface area (Å²) in [6, 6.07) is 0.